The molecular formula is C22H20N4O4. The highest BCUT2D eigenvalue weighted by molar-refractivity contribution is 6.23. The number of nitrogens with one attached hydrogen (secondary N) is 2. The zero-order valence-electron chi connectivity index (χ0n) is 16.1. The molecule has 1 unspecified atom stereocenters. The topological polar surface area (TPSA) is 122 Å². The number of benzene rings is 2. The lowest BCUT2D eigenvalue weighted by Crippen LogP contribution is -2.54. The van der Waals surface area contributed by atoms with Gasteiger partial charge in [0.25, 0.3) is 11.8 Å². The summed E-state index contributed by atoms with van der Waals surface area (Å²) in [5, 5.41) is 5.58. The molecule has 4 N–H and O–H groups in total. The first-order valence-electron chi connectivity index (χ1n) is 9.89. The average molecular weight is 404 g/mol. The maximum atomic E-state index is 13.0. The van der Waals surface area contributed by atoms with Gasteiger partial charge in [0.15, 0.2) is 0 Å². The predicted octanol–water partition coefficient (Wildman–Crippen LogP) is 1.12. The van der Waals surface area contributed by atoms with E-state index in [1.54, 1.807) is 18.2 Å². The predicted molar refractivity (Wildman–Crippen MR) is 108 cm³/mol. The second-order valence-corrected chi connectivity index (χ2v) is 7.89. The highest BCUT2D eigenvalue weighted by atomic mass is 16.2. The Labute approximate surface area is 172 Å². The van der Waals surface area contributed by atoms with Crippen molar-refractivity contribution >= 4 is 29.3 Å². The van der Waals surface area contributed by atoms with Crippen LogP contribution in [0.25, 0.3) is 0 Å². The van der Waals surface area contributed by atoms with Crippen LogP contribution in [-0.2, 0) is 16.0 Å². The number of anilines is 1. The molecule has 1 saturated heterocycles. The van der Waals surface area contributed by atoms with E-state index in [4.69, 9.17) is 5.73 Å². The average Bonchev–Trinajstić information content (AvgIpc) is 3.17. The summed E-state index contributed by atoms with van der Waals surface area (Å²) in [5.74, 6) is -2.05. The van der Waals surface area contributed by atoms with Crippen LogP contribution in [0.3, 0.4) is 0 Å². The van der Waals surface area contributed by atoms with Crippen LogP contribution in [0.1, 0.15) is 50.7 Å². The minimum Gasteiger partial charge on any atom is -0.380 e. The van der Waals surface area contributed by atoms with Crippen LogP contribution in [0, 0.1) is 0 Å². The van der Waals surface area contributed by atoms with E-state index < -0.39 is 29.7 Å². The molecule has 3 atom stereocenters. The molecule has 0 radical (unpaired) electrons. The molecule has 8 nitrogen and oxygen atoms in total. The fourth-order valence-corrected chi connectivity index (χ4v) is 4.54. The van der Waals surface area contributed by atoms with Crippen molar-refractivity contribution in [3.05, 3.63) is 64.7 Å². The molecule has 3 aliphatic rings. The molecule has 0 bridgehead atoms. The Bertz CT molecular complexity index is 1110. The molecule has 2 aromatic rings. The summed E-state index contributed by atoms with van der Waals surface area (Å²) in [6.07, 6.45) is 0.997. The number of fused-ring (bicyclic) bond motifs is 2. The number of amides is 4. The summed E-state index contributed by atoms with van der Waals surface area (Å²) in [5.41, 5.74) is 9.88. The smallest absolute Gasteiger partial charge is 0.262 e. The number of carbonyl (C=O) groups excluding carboxylic acids is 4. The van der Waals surface area contributed by atoms with Gasteiger partial charge in [-0.2, -0.15) is 0 Å². The minimum absolute atomic E-state index is 0.0288. The van der Waals surface area contributed by atoms with Crippen LogP contribution in [0.2, 0.25) is 0 Å². The Morgan fingerprint density at radius 3 is 2.53 bits per heavy atom. The molecule has 2 aliphatic heterocycles. The van der Waals surface area contributed by atoms with Gasteiger partial charge >= 0.3 is 0 Å². The van der Waals surface area contributed by atoms with E-state index in [2.05, 4.69) is 16.7 Å². The highest BCUT2D eigenvalue weighted by Crippen LogP contribution is 2.33. The lowest BCUT2D eigenvalue weighted by atomic mass is 10.0. The van der Waals surface area contributed by atoms with Crippen molar-refractivity contribution < 1.29 is 19.2 Å². The van der Waals surface area contributed by atoms with Gasteiger partial charge < -0.3 is 11.1 Å². The van der Waals surface area contributed by atoms with Crippen LogP contribution >= 0.6 is 0 Å². The normalized spacial score (nSPS) is 25.2. The van der Waals surface area contributed by atoms with Crippen LogP contribution in [0.4, 0.5) is 5.69 Å². The quantitative estimate of drug-likeness (QED) is 0.659. The Morgan fingerprint density at radius 2 is 1.77 bits per heavy atom. The summed E-state index contributed by atoms with van der Waals surface area (Å²) in [6, 6.07) is 11.8. The van der Waals surface area contributed by atoms with Gasteiger partial charge in [-0.15, -0.1) is 0 Å². The van der Waals surface area contributed by atoms with Crippen molar-refractivity contribution in [1.29, 1.82) is 0 Å². The standard InChI is InChI=1S/C22H20N4O4/c23-19-13-4-2-1-3-11(13)9-16(19)24-12-5-6-14-15(10-12)22(30)26(21(14)29)17-7-8-18(27)25-20(17)28/h1-6,10,16-17,19,24H,7-9,23H2,(H,25,27,28)/t16-,17?,19-/m1/s1. The molecule has 8 heteroatoms. The molecule has 2 heterocycles. The second kappa shape index (κ2) is 6.77. The van der Waals surface area contributed by atoms with Crippen molar-refractivity contribution in [2.45, 2.75) is 37.4 Å². The van der Waals surface area contributed by atoms with E-state index in [-0.39, 0.29) is 36.1 Å². The van der Waals surface area contributed by atoms with Crippen molar-refractivity contribution in [2.75, 3.05) is 5.32 Å². The number of carbonyl (C=O) groups is 4. The summed E-state index contributed by atoms with van der Waals surface area (Å²) in [7, 11) is 0. The molecular weight excluding hydrogens is 384 g/mol. The number of piperidine rings is 1. The fourth-order valence-electron chi connectivity index (χ4n) is 4.54. The van der Waals surface area contributed by atoms with E-state index in [1.807, 2.05) is 18.2 Å². The Kier molecular flexibility index (Phi) is 4.18. The Morgan fingerprint density at radius 1 is 1.00 bits per heavy atom. The van der Waals surface area contributed by atoms with Gasteiger partial charge in [0.2, 0.25) is 11.8 Å². The Balaban J connectivity index is 1.38. The number of hydrogen-bond acceptors (Lipinski definition) is 6. The van der Waals surface area contributed by atoms with Crippen LogP contribution in [0.15, 0.2) is 42.5 Å². The fraction of sp³-hybridized carbons (Fsp3) is 0.273. The molecule has 1 fully saturated rings. The second-order valence-electron chi connectivity index (χ2n) is 7.89. The number of rotatable bonds is 3. The van der Waals surface area contributed by atoms with Gasteiger partial charge in [-0.1, -0.05) is 24.3 Å². The first-order chi connectivity index (χ1) is 14.4. The Hall–Kier alpha value is -3.52. The molecule has 30 heavy (non-hydrogen) atoms. The minimum atomic E-state index is -0.968. The lowest BCUT2D eigenvalue weighted by molar-refractivity contribution is -0.136. The maximum Gasteiger partial charge on any atom is 0.262 e. The van der Waals surface area contributed by atoms with Crippen molar-refractivity contribution in [1.82, 2.24) is 10.2 Å². The van der Waals surface area contributed by atoms with E-state index in [1.165, 1.54) is 5.56 Å². The van der Waals surface area contributed by atoms with Crippen molar-refractivity contribution in [2.24, 2.45) is 5.73 Å². The largest absolute Gasteiger partial charge is 0.380 e. The number of imide groups is 2. The van der Waals surface area contributed by atoms with E-state index >= 15 is 0 Å². The van der Waals surface area contributed by atoms with Crippen LogP contribution in [0.5, 0.6) is 0 Å². The number of hydrogen-bond donors (Lipinski definition) is 3. The highest BCUT2D eigenvalue weighted by Gasteiger charge is 2.44. The van der Waals surface area contributed by atoms with E-state index in [9.17, 15) is 19.2 Å². The monoisotopic (exact) mass is 404 g/mol. The van der Waals surface area contributed by atoms with Gasteiger partial charge in [0.05, 0.1) is 17.2 Å². The molecule has 1 aliphatic carbocycles. The maximum absolute atomic E-state index is 13.0. The first kappa shape index (κ1) is 18.5. The molecule has 2 aromatic carbocycles. The SMILES string of the molecule is N[C@@H]1c2ccccc2C[C@H]1Nc1ccc2c(c1)C(=O)N(C1CCC(=O)NC1=O)C2=O. The van der Waals surface area contributed by atoms with Gasteiger partial charge in [0.1, 0.15) is 6.04 Å². The third-order valence-corrected chi connectivity index (χ3v) is 6.08. The summed E-state index contributed by atoms with van der Waals surface area (Å²) in [4.78, 5) is 50.3. The van der Waals surface area contributed by atoms with Crippen molar-refractivity contribution in [3.63, 3.8) is 0 Å². The van der Waals surface area contributed by atoms with Crippen LogP contribution in [-0.4, -0.2) is 40.6 Å². The van der Waals surface area contributed by atoms with E-state index in [0.717, 1.165) is 16.9 Å². The zero-order valence-corrected chi connectivity index (χ0v) is 16.1. The molecule has 5 rings (SSSR count). The molecule has 0 saturated carbocycles. The third-order valence-electron chi connectivity index (χ3n) is 6.08. The summed E-state index contributed by atoms with van der Waals surface area (Å²) in [6.45, 7) is 0. The zero-order chi connectivity index (χ0) is 21.0. The molecule has 152 valence electrons. The van der Waals surface area contributed by atoms with E-state index in [0.29, 0.717) is 5.69 Å². The van der Waals surface area contributed by atoms with Crippen molar-refractivity contribution in [3.8, 4) is 0 Å². The van der Waals surface area contributed by atoms with Gasteiger partial charge in [0, 0.05) is 18.2 Å². The first-order valence-corrected chi connectivity index (χ1v) is 9.89. The number of nitrogens with two attached hydrogens (primary N) is 1. The molecule has 0 aromatic heterocycles. The molecule has 0 spiro atoms. The van der Waals surface area contributed by atoms with Crippen LogP contribution < -0.4 is 16.4 Å². The summed E-state index contributed by atoms with van der Waals surface area (Å²) < 4.78 is 0. The van der Waals surface area contributed by atoms with Gasteiger partial charge in [-0.25, -0.2) is 0 Å². The summed E-state index contributed by atoms with van der Waals surface area (Å²) >= 11 is 0. The lowest BCUT2D eigenvalue weighted by Gasteiger charge is -2.27. The third kappa shape index (κ3) is 2.80. The van der Waals surface area contributed by atoms with Gasteiger partial charge in [-0.05, 0) is 42.2 Å². The van der Waals surface area contributed by atoms with Gasteiger partial charge in [-0.3, -0.25) is 29.4 Å². The molecule has 4 amide bonds. The number of nitrogens with zero attached hydrogens (tertiary/aromatic N) is 1.